The number of aliphatic imine (C=N–C) groups is 1. The Morgan fingerprint density at radius 1 is 1.00 bits per heavy atom. The first-order valence-electron chi connectivity index (χ1n) is 5.59. The van der Waals surface area contributed by atoms with E-state index in [0.717, 1.165) is 17.9 Å². The van der Waals surface area contributed by atoms with Crippen molar-refractivity contribution in [1.82, 2.24) is 0 Å². The van der Waals surface area contributed by atoms with Crippen molar-refractivity contribution < 1.29 is 4.74 Å². The predicted octanol–water partition coefficient (Wildman–Crippen LogP) is 3.64. The van der Waals surface area contributed by atoms with Crippen molar-refractivity contribution in [3.05, 3.63) is 60.2 Å². The Bertz CT molecular complexity index is 474. The summed E-state index contributed by atoms with van der Waals surface area (Å²) in [6.07, 6.45) is 2.78. The molecule has 2 heteroatoms. The van der Waals surface area contributed by atoms with Crippen molar-refractivity contribution >= 4 is 11.9 Å². The van der Waals surface area contributed by atoms with Gasteiger partial charge in [0.2, 0.25) is 0 Å². The molecule has 2 aromatic carbocycles. The van der Waals surface area contributed by atoms with Crippen molar-refractivity contribution in [2.24, 2.45) is 4.99 Å². The first kappa shape index (κ1) is 11.4. The van der Waals surface area contributed by atoms with Gasteiger partial charge in [-0.15, -0.1) is 0 Å². The molecule has 0 N–H and O–H groups in total. The van der Waals surface area contributed by atoms with Crippen LogP contribution in [-0.4, -0.2) is 13.3 Å². The second kappa shape index (κ2) is 5.85. The average Bonchev–Trinajstić information content (AvgIpc) is 2.41. The number of hydrogen-bond donors (Lipinski definition) is 0. The van der Waals surface area contributed by atoms with Gasteiger partial charge in [-0.1, -0.05) is 30.3 Å². The number of ether oxygens (including phenoxy) is 1. The zero-order valence-corrected chi connectivity index (χ0v) is 9.84. The molecule has 86 valence electrons. The van der Waals surface area contributed by atoms with E-state index >= 15 is 0 Å². The molecule has 0 aliphatic rings. The Morgan fingerprint density at radius 3 is 2.35 bits per heavy atom. The highest BCUT2D eigenvalue weighted by atomic mass is 16.5. The molecule has 0 saturated heterocycles. The summed E-state index contributed by atoms with van der Waals surface area (Å²) in [6, 6.07) is 18.0. The molecule has 2 nitrogen and oxygen atoms in total. The van der Waals surface area contributed by atoms with Gasteiger partial charge in [0, 0.05) is 12.6 Å². The molecular formula is C15H15NO. The van der Waals surface area contributed by atoms with Gasteiger partial charge in [-0.3, -0.25) is 4.99 Å². The molecular weight excluding hydrogens is 210 g/mol. The zero-order chi connectivity index (χ0) is 11.9. The van der Waals surface area contributed by atoms with E-state index in [-0.39, 0.29) is 0 Å². The highest BCUT2D eigenvalue weighted by molar-refractivity contribution is 5.66. The van der Waals surface area contributed by atoms with Crippen LogP contribution in [0.25, 0.3) is 0 Å². The van der Waals surface area contributed by atoms with E-state index in [1.807, 2.05) is 48.7 Å². The number of rotatable bonds is 4. The van der Waals surface area contributed by atoms with Crippen LogP contribution in [-0.2, 0) is 6.42 Å². The fourth-order valence-corrected chi connectivity index (χ4v) is 1.54. The van der Waals surface area contributed by atoms with E-state index in [0.29, 0.717) is 0 Å². The summed E-state index contributed by atoms with van der Waals surface area (Å²) in [5.41, 5.74) is 2.21. The fourth-order valence-electron chi connectivity index (χ4n) is 1.54. The number of methoxy groups -OCH3 is 1. The van der Waals surface area contributed by atoms with Crippen molar-refractivity contribution in [1.29, 1.82) is 0 Å². The third kappa shape index (κ3) is 3.45. The molecule has 0 atom stereocenters. The second-order valence-electron chi connectivity index (χ2n) is 3.70. The largest absolute Gasteiger partial charge is 0.497 e. The van der Waals surface area contributed by atoms with Gasteiger partial charge in [0.15, 0.2) is 0 Å². The maximum atomic E-state index is 5.09. The summed E-state index contributed by atoms with van der Waals surface area (Å²) < 4.78 is 5.09. The van der Waals surface area contributed by atoms with E-state index < -0.39 is 0 Å². The fraction of sp³-hybridized carbons (Fsp3) is 0.133. The molecule has 0 bridgehead atoms. The molecule has 0 fully saturated rings. The molecule has 0 aromatic heterocycles. The van der Waals surface area contributed by atoms with E-state index in [1.54, 1.807) is 7.11 Å². The lowest BCUT2D eigenvalue weighted by Crippen LogP contribution is -1.84. The van der Waals surface area contributed by atoms with Gasteiger partial charge in [0.25, 0.3) is 0 Å². The van der Waals surface area contributed by atoms with E-state index in [2.05, 4.69) is 17.1 Å². The minimum Gasteiger partial charge on any atom is -0.497 e. The van der Waals surface area contributed by atoms with Crippen LogP contribution in [0.15, 0.2) is 59.6 Å². The van der Waals surface area contributed by atoms with Crippen LogP contribution in [0.5, 0.6) is 5.75 Å². The molecule has 0 amide bonds. The summed E-state index contributed by atoms with van der Waals surface area (Å²) in [7, 11) is 1.66. The lowest BCUT2D eigenvalue weighted by molar-refractivity contribution is 0.415. The highest BCUT2D eigenvalue weighted by Gasteiger charge is 1.91. The maximum absolute atomic E-state index is 5.09. The molecule has 0 radical (unpaired) electrons. The highest BCUT2D eigenvalue weighted by Crippen LogP contribution is 2.17. The number of benzene rings is 2. The minimum absolute atomic E-state index is 0.854. The molecule has 0 heterocycles. The van der Waals surface area contributed by atoms with E-state index in [4.69, 9.17) is 4.74 Å². The van der Waals surface area contributed by atoms with Gasteiger partial charge in [0.05, 0.1) is 12.8 Å². The summed E-state index contributed by atoms with van der Waals surface area (Å²) in [5, 5.41) is 0. The van der Waals surface area contributed by atoms with Gasteiger partial charge in [-0.25, -0.2) is 0 Å². The Kier molecular flexibility index (Phi) is 3.92. The molecule has 0 aliphatic heterocycles. The maximum Gasteiger partial charge on any atom is 0.119 e. The first-order valence-corrected chi connectivity index (χ1v) is 5.59. The van der Waals surface area contributed by atoms with Crippen molar-refractivity contribution in [2.75, 3.05) is 7.11 Å². The quantitative estimate of drug-likeness (QED) is 0.728. The molecule has 0 saturated carbocycles. The number of hydrogen-bond acceptors (Lipinski definition) is 2. The molecule has 0 unspecified atom stereocenters. The Balaban J connectivity index is 1.96. The van der Waals surface area contributed by atoms with Gasteiger partial charge < -0.3 is 4.74 Å². The van der Waals surface area contributed by atoms with E-state index in [1.165, 1.54) is 5.56 Å². The summed E-state index contributed by atoms with van der Waals surface area (Å²) in [6.45, 7) is 0. The van der Waals surface area contributed by atoms with Crippen LogP contribution in [0.2, 0.25) is 0 Å². The topological polar surface area (TPSA) is 21.6 Å². The molecule has 2 rings (SSSR count). The van der Waals surface area contributed by atoms with Gasteiger partial charge >= 0.3 is 0 Å². The standard InChI is InChI=1S/C15H15NO/c1-17-15-9-7-14(8-10-15)16-12-11-13-5-3-2-4-6-13/h2-10,12H,11H2,1H3. The third-order valence-electron chi connectivity index (χ3n) is 2.48. The van der Waals surface area contributed by atoms with Crippen LogP contribution in [0, 0.1) is 0 Å². The smallest absolute Gasteiger partial charge is 0.119 e. The van der Waals surface area contributed by atoms with Crippen molar-refractivity contribution in [2.45, 2.75) is 6.42 Å². The Hall–Kier alpha value is -2.09. The summed E-state index contributed by atoms with van der Waals surface area (Å²) in [5.74, 6) is 0.854. The summed E-state index contributed by atoms with van der Waals surface area (Å²) in [4.78, 5) is 4.40. The van der Waals surface area contributed by atoms with Gasteiger partial charge in [0.1, 0.15) is 5.75 Å². The van der Waals surface area contributed by atoms with Gasteiger partial charge in [-0.05, 0) is 29.8 Å². The predicted molar refractivity (Wildman–Crippen MR) is 71.3 cm³/mol. The molecule has 0 spiro atoms. The van der Waals surface area contributed by atoms with Crippen LogP contribution >= 0.6 is 0 Å². The Labute approximate surface area is 102 Å². The lowest BCUT2D eigenvalue weighted by atomic mass is 10.2. The van der Waals surface area contributed by atoms with E-state index in [9.17, 15) is 0 Å². The molecule has 2 aromatic rings. The van der Waals surface area contributed by atoms with Crippen LogP contribution in [0.3, 0.4) is 0 Å². The van der Waals surface area contributed by atoms with Crippen LogP contribution in [0.4, 0.5) is 5.69 Å². The van der Waals surface area contributed by atoms with Crippen molar-refractivity contribution in [3.8, 4) is 5.75 Å². The number of nitrogens with zero attached hydrogens (tertiary/aromatic N) is 1. The Morgan fingerprint density at radius 2 is 1.71 bits per heavy atom. The normalized spacial score (nSPS) is 10.6. The SMILES string of the molecule is COc1ccc(N=CCc2ccccc2)cc1. The summed E-state index contributed by atoms with van der Waals surface area (Å²) >= 11 is 0. The zero-order valence-electron chi connectivity index (χ0n) is 9.84. The second-order valence-corrected chi connectivity index (χ2v) is 3.70. The van der Waals surface area contributed by atoms with Crippen molar-refractivity contribution in [3.63, 3.8) is 0 Å². The first-order chi connectivity index (χ1) is 8.38. The monoisotopic (exact) mass is 225 g/mol. The average molecular weight is 225 g/mol. The molecule has 17 heavy (non-hydrogen) atoms. The lowest BCUT2D eigenvalue weighted by Gasteiger charge is -1.99. The van der Waals surface area contributed by atoms with Crippen LogP contribution in [0.1, 0.15) is 5.56 Å². The third-order valence-corrected chi connectivity index (χ3v) is 2.48. The van der Waals surface area contributed by atoms with Gasteiger partial charge in [-0.2, -0.15) is 0 Å². The molecule has 0 aliphatic carbocycles. The minimum atomic E-state index is 0.854. The van der Waals surface area contributed by atoms with Crippen LogP contribution < -0.4 is 4.74 Å².